The first kappa shape index (κ1) is 14.6. The first-order chi connectivity index (χ1) is 11.7. The van der Waals surface area contributed by atoms with Crippen LogP contribution in [0.4, 0.5) is 5.69 Å². The van der Waals surface area contributed by atoms with E-state index < -0.39 is 0 Å². The normalized spacial score (nSPS) is 19.0. The molecule has 6 nitrogen and oxygen atoms in total. The summed E-state index contributed by atoms with van der Waals surface area (Å²) in [5.41, 5.74) is 2.85. The van der Waals surface area contributed by atoms with Crippen molar-refractivity contribution in [3.8, 4) is 11.4 Å². The van der Waals surface area contributed by atoms with Crippen molar-refractivity contribution >= 4 is 11.6 Å². The Bertz CT molecular complexity index is 857. The molecule has 0 saturated heterocycles. The van der Waals surface area contributed by atoms with Crippen molar-refractivity contribution in [2.45, 2.75) is 12.3 Å². The molecule has 0 bridgehead atoms. The van der Waals surface area contributed by atoms with E-state index in [0.717, 1.165) is 23.2 Å². The van der Waals surface area contributed by atoms with Crippen LogP contribution >= 0.6 is 0 Å². The smallest absolute Gasteiger partial charge is 0.228 e. The van der Waals surface area contributed by atoms with Gasteiger partial charge in [0.15, 0.2) is 5.82 Å². The summed E-state index contributed by atoms with van der Waals surface area (Å²) < 4.78 is 1.77. The maximum atomic E-state index is 12.4. The standard InChI is InChI=1S/C18H17N5O/c1-23-11-13(10-21-23)15-9-16(15)18(24)22-14-5-3-12(4-6-14)17-19-7-2-8-20-17/h2-8,10-11,15-16H,9H2,1H3,(H,22,24)/t15-,16+/m0/s1. The summed E-state index contributed by atoms with van der Waals surface area (Å²) in [5, 5.41) is 7.15. The summed E-state index contributed by atoms with van der Waals surface area (Å²) in [4.78, 5) is 20.8. The first-order valence-corrected chi connectivity index (χ1v) is 7.87. The molecule has 3 aromatic rings. The lowest BCUT2D eigenvalue weighted by molar-refractivity contribution is -0.117. The van der Waals surface area contributed by atoms with E-state index in [9.17, 15) is 4.79 Å². The molecular weight excluding hydrogens is 302 g/mol. The van der Waals surface area contributed by atoms with Gasteiger partial charge in [0.2, 0.25) is 5.91 Å². The maximum Gasteiger partial charge on any atom is 0.228 e. The van der Waals surface area contributed by atoms with Gasteiger partial charge in [-0.2, -0.15) is 5.10 Å². The summed E-state index contributed by atoms with van der Waals surface area (Å²) in [6.07, 6.45) is 8.13. The van der Waals surface area contributed by atoms with Gasteiger partial charge in [-0.1, -0.05) is 0 Å². The molecule has 4 rings (SSSR count). The Morgan fingerprint density at radius 1 is 1.21 bits per heavy atom. The number of aryl methyl sites for hydroxylation is 1. The van der Waals surface area contributed by atoms with Crippen LogP contribution in [-0.2, 0) is 11.8 Å². The SMILES string of the molecule is Cn1cc([C@@H]2C[C@H]2C(=O)Nc2ccc(-c3ncccn3)cc2)cn1. The van der Waals surface area contributed by atoms with Gasteiger partial charge in [-0.15, -0.1) is 0 Å². The molecule has 120 valence electrons. The molecule has 0 spiro atoms. The van der Waals surface area contributed by atoms with Gasteiger partial charge in [0.05, 0.1) is 6.20 Å². The van der Waals surface area contributed by atoms with Crippen LogP contribution in [0.15, 0.2) is 55.1 Å². The Morgan fingerprint density at radius 2 is 1.96 bits per heavy atom. The zero-order valence-electron chi connectivity index (χ0n) is 13.3. The second-order valence-corrected chi connectivity index (χ2v) is 6.04. The van der Waals surface area contributed by atoms with E-state index in [1.165, 1.54) is 0 Å². The molecule has 6 heteroatoms. The Kier molecular flexibility index (Phi) is 3.57. The fourth-order valence-corrected chi connectivity index (χ4v) is 2.87. The Morgan fingerprint density at radius 3 is 2.62 bits per heavy atom. The minimum absolute atomic E-state index is 0.0336. The lowest BCUT2D eigenvalue weighted by Crippen LogP contribution is -2.14. The lowest BCUT2D eigenvalue weighted by atomic mass is 10.1. The Labute approximate surface area is 139 Å². The van der Waals surface area contributed by atoms with Crippen LogP contribution in [0, 0.1) is 5.92 Å². The van der Waals surface area contributed by atoms with Gasteiger partial charge < -0.3 is 5.32 Å². The molecule has 24 heavy (non-hydrogen) atoms. The second kappa shape index (κ2) is 5.88. The fraction of sp³-hybridized carbons (Fsp3) is 0.222. The highest BCUT2D eigenvalue weighted by molar-refractivity contribution is 5.95. The van der Waals surface area contributed by atoms with Gasteiger partial charge in [-0.3, -0.25) is 9.48 Å². The second-order valence-electron chi connectivity index (χ2n) is 6.04. The predicted molar refractivity (Wildman–Crippen MR) is 90.2 cm³/mol. The van der Waals surface area contributed by atoms with E-state index in [0.29, 0.717) is 5.82 Å². The molecule has 2 heterocycles. The average molecular weight is 319 g/mol. The van der Waals surface area contributed by atoms with E-state index in [4.69, 9.17) is 0 Å². The topological polar surface area (TPSA) is 72.7 Å². The highest BCUT2D eigenvalue weighted by Crippen LogP contribution is 2.47. The first-order valence-electron chi connectivity index (χ1n) is 7.87. The minimum Gasteiger partial charge on any atom is -0.326 e. The molecule has 2 aromatic heterocycles. The Hall–Kier alpha value is -3.02. The van der Waals surface area contributed by atoms with Gasteiger partial charge >= 0.3 is 0 Å². The number of hydrogen-bond donors (Lipinski definition) is 1. The van der Waals surface area contributed by atoms with Crippen molar-refractivity contribution in [2.75, 3.05) is 5.32 Å². The Balaban J connectivity index is 1.40. The van der Waals surface area contributed by atoms with Crippen LogP contribution < -0.4 is 5.32 Å². The van der Waals surface area contributed by atoms with Gasteiger partial charge in [-0.05, 0) is 48.2 Å². The molecule has 2 atom stereocenters. The fourth-order valence-electron chi connectivity index (χ4n) is 2.87. The highest BCUT2D eigenvalue weighted by Gasteiger charge is 2.44. The average Bonchev–Trinajstić information content (AvgIpc) is 3.31. The number of carbonyl (C=O) groups excluding carboxylic acids is 1. The third kappa shape index (κ3) is 2.90. The third-order valence-corrected chi connectivity index (χ3v) is 4.26. The summed E-state index contributed by atoms with van der Waals surface area (Å²) in [5.74, 6) is 1.06. The molecule has 1 aliphatic carbocycles. The van der Waals surface area contributed by atoms with Crippen molar-refractivity contribution < 1.29 is 4.79 Å². The molecule has 1 aromatic carbocycles. The van der Waals surface area contributed by atoms with E-state index in [1.807, 2.05) is 43.7 Å². The molecule has 1 aliphatic rings. The van der Waals surface area contributed by atoms with Crippen LogP contribution in [0.5, 0.6) is 0 Å². The number of carbonyl (C=O) groups is 1. The van der Waals surface area contributed by atoms with Crippen molar-refractivity contribution in [1.29, 1.82) is 0 Å². The monoisotopic (exact) mass is 319 g/mol. The highest BCUT2D eigenvalue weighted by atomic mass is 16.2. The van der Waals surface area contributed by atoms with E-state index in [-0.39, 0.29) is 17.7 Å². The molecule has 1 N–H and O–H groups in total. The molecule has 1 fully saturated rings. The number of nitrogens with one attached hydrogen (secondary N) is 1. The number of hydrogen-bond acceptors (Lipinski definition) is 4. The number of amides is 1. The summed E-state index contributed by atoms with van der Waals surface area (Å²) in [6.45, 7) is 0. The van der Waals surface area contributed by atoms with Crippen LogP contribution in [0.2, 0.25) is 0 Å². The van der Waals surface area contributed by atoms with Crippen LogP contribution in [0.1, 0.15) is 17.9 Å². The number of rotatable bonds is 4. The molecule has 0 radical (unpaired) electrons. The van der Waals surface area contributed by atoms with Crippen molar-refractivity contribution in [3.05, 3.63) is 60.7 Å². The minimum atomic E-state index is 0.0336. The number of nitrogens with zero attached hydrogens (tertiary/aromatic N) is 4. The number of benzene rings is 1. The maximum absolute atomic E-state index is 12.4. The molecule has 1 saturated carbocycles. The van der Waals surface area contributed by atoms with Crippen LogP contribution in [0.3, 0.4) is 0 Å². The van der Waals surface area contributed by atoms with Gasteiger partial charge in [0.1, 0.15) is 0 Å². The van der Waals surface area contributed by atoms with E-state index in [1.54, 1.807) is 23.1 Å². The molecular formula is C18H17N5O. The van der Waals surface area contributed by atoms with Crippen LogP contribution in [-0.4, -0.2) is 25.7 Å². The van der Waals surface area contributed by atoms with Gasteiger partial charge in [-0.25, -0.2) is 9.97 Å². The van der Waals surface area contributed by atoms with Gasteiger partial charge in [0.25, 0.3) is 0 Å². The zero-order valence-corrected chi connectivity index (χ0v) is 13.3. The number of anilines is 1. The summed E-state index contributed by atoms with van der Waals surface area (Å²) in [7, 11) is 1.89. The zero-order chi connectivity index (χ0) is 16.5. The predicted octanol–water partition coefficient (Wildman–Crippen LogP) is 2.62. The van der Waals surface area contributed by atoms with Crippen molar-refractivity contribution in [2.24, 2.45) is 13.0 Å². The van der Waals surface area contributed by atoms with Gasteiger partial charge in [0, 0.05) is 42.8 Å². The summed E-state index contributed by atoms with van der Waals surface area (Å²) in [6, 6.07) is 9.37. The quantitative estimate of drug-likeness (QED) is 0.802. The summed E-state index contributed by atoms with van der Waals surface area (Å²) >= 11 is 0. The lowest BCUT2D eigenvalue weighted by Gasteiger charge is -2.06. The van der Waals surface area contributed by atoms with E-state index in [2.05, 4.69) is 20.4 Å². The number of aromatic nitrogens is 4. The molecule has 0 unspecified atom stereocenters. The molecule has 1 amide bonds. The largest absolute Gasteiger partial charge is 0.326 e. The van der Waals surface area contributed by atoms with Crippen LogP contribution in [0.25, 0.3) is 11.4 Å². The third-order valence-electron chi connectivity index (χ3n) is 4.26. The van der Waals surface area contributed by atoms with Crippen molar-refractivity contribution in [3.63, 3.8) is 0 Å². The van der Waals surface area contributed by atoms with Crippen molar-refractivity contribution in [1.82, 2.24) is 19.7 Å². The molecule has 0 aliphatic heterocycles. The van der Waals surface area contributed by atoms with E-state index >= 15 is 0 Å².